The first-order valence-corrected chi connectivity index (χ1v) is 7.32. The number of likely N-dealkylation sites (tertiary alicyclic amines) is 1. The highest BCUT2D eigenvalue weighted by molar-refractivity contribution is 4.78. The molecule has 1 rings (SSSR count). The van der Waals surface area contributed by atoms with Crippen LogP contribution in [0.1, 0.15) is 58.3 Å². The Kier molecular flexibility index (Phi) is 7.82. The maximum Gasteiger partial charge on any atom is 0.0926 e. The van der Waals surface area contributed by atoms with Gasteiger partial charge < -0.3 is 15.1 Å². The van der Waals surface area contributed by atoms with Gasteiger partial charge >= 0.3 is 0 Å². The molecule has 3 nitrogen and oxygen atoms in total. The van der Waals surface area contributed by atoms with E-state index in [2.05, 4.69) is 11.8 Å². The highest BCUT2D eigenvalue weighted by Crippen LogP contribution is 2.13. The van der Waals surface area contributed by atoms with Gasteiger partial charge in [-0.3, -0.25) is 0 Å². The second-order valence-corrected chi connectivity index (χ2v) is 5.35. The third-order valence-corrected chi connectivity index (χ3v) is 3.71. The summed E-state index contributed by atoms with van der Waals surface area (Å²) in [6.07, 6.45) is 9.00. The lowest BCUT2D eigenvalue weighted by molar-refractivity contribution is -0.0385. The molecule has 1 fully saturated rings. The molecular weight excluding hydrogens is 214 g/mol. The Balaban J connectivity index is 1.92. The largest absolute Gasteiger partial charge is 0.390 e. The molecule has 0 spiro atoms. The van der Waals surface area contributed by atoms with Crippen molar-refractivity contribution in [3.8, 4) is 0 Å². The molecule has 0 amide bonds. The fourth-order valence-electron chi connectivity index (χ4n) is 2.48. The molecule has 0 saturated carbocycles. The van der Waals surface area contributed by atoms with E-state index in [4.69, 9.17) is 0 Å². The molecule has 2 atom stereocenters. The lowest BCUT2D eigenvalue weighted by atomic mass is 10.0. The first-order valence-electron chi connectivity index (χ1n) is 7.32. The number of aliphatic hydroxyl groups is 2. The minimum atomic E-state index is -0.534. The fraction of sp³-hybridized carbons (Fsp3) is 1.00. The zero-order chi connectivity index (χ0) is 12.5. The Morgan fingerprint density at radius 2 is 1.59 bits per heavy atom. The van der Waals surface area contributed by atoms with E-state index >= 15 is 0 Å². The van der Waals surface area contributed by atoms with Crippen LogP contribution in [0, 0.1) is 0 Å². The topological polar surface area (TPSA) is 43.7 Å². The monoisotopic (exact) mass is 243 g/mol. The van der Waals surface area contributed by atoms with E-state index in [0.717, 1.165) is 19.5 Å². The van der Waals surface area contributed by atoms with Crippen LogP contribution in [-0.2, 0) is 0 Å². The van der Waals surface area contributed by atoms with Crippen LogP contribution in [0.15, 0.2) is 0 Å². The molecule has 0 aromatic rings. The lowest BCUT2D eigenvalue weighted by Crippen LogP contribution is -2.46. The molecule has 1 aliphatic heterocycles. The van der Waals surface area contributed by atoms with Gasteiger partial charge in [0, 0.05) is 13.1 Å². The molecule has 1 saturated heterocycles. The number of hydrogen-bond acceptors (Lipinski definition) is 3. The Bertz CT molecular complexity index is 187. The average Bonchev–Trinajstić information content (AvgIpc) is 2.32. The third-order valence-electron chi connectivity index (χ3n) is 3.71. The molecule has 1 heterocycles. The van der Waals surface area contributed by atoms with Crippen molar-refractivity contribution < 1.29 is 10.2 Å². The van der Waals surface area contributed by atoms with E-state index in [1.165, 1.54) is 44.9 Å². The number of aliphatic hydroxyl groups excluding tert-OH is 2. The first kappa shape index (κ1) is 14.9. The summed E-state index contributed by atoms with van der Waals surface area (Å²) in [4.78, 5) is 2.28. The molecule has 17 heavy (non-hydrogen) atoms. The van der Waals surface area contributed by atoms with E-state index < -0.39 is 12.2 Å². The van der Waals surface area contributed by atoms with Gasteiger partial charge in [0.05, 0.1) is 12.2 Å². The van der Waals surface area contributed by atoms with E-state index in [1.807, 2.05) is 0 Å². The van der Waals surface area contributed by atoms with Gasteiger partial charge in [0.1, 0.15) is 0 Å². The molecule has 1 aliphatic rings. The predicted molar refractivity (Wildman–Crippen MR) is 71.1 cm³/mol. The summed E-state index contributed by atoms with van der Waals surface area (Å²) >= 11 is 0. The van der Waals surface area contributed by atoms with Gasteiger partial charge in [-0.2, -0.15) is 0 Å². The van der Waals surface area contributed by atoms with Crippen molar-refractivity contribution in [3.63, 3.8) is 0 Å². The predicted octanol–water partition coefficient (Wildman–Crippen LogP) is 2.16. The van der Waals surface area contributed by atoms with E-state index in [-0.39, 0.29) is 0 Å². The molecule has 0 aromatic carbocycles. The second kappa shape index (κ2) is 8.90. The SMILES string of the molecule is CCCCCCCCCN1CCC(O)C(O)C1. The Morgan fingerprint density at radius 1 is 0.941 bits per heavy atom. The highest BCUT2D eigenvalue weighted by atomic mass is 16.3. The van der Waals surface area contributed by atoms with Crippen LogP contribution in [0.5, 0.6) is 0 Å². The molecule has 2 N–H and O–H groups in total. The maximum atomic E-state index is 9.56. The van der Waals surface area contributed by atoms with Crippen LogP contribution in [0.2, 0.25) is 0 Å². The van der Waals surface area contributed by atoms with Crippen LogP contribution < -0.4 is 0 Å². The van der Waals surface area contributed by atoms with Crippen LogP contribution in [0.3, 0.4) is 0 Å². The van der Waals surface area contributed by atoms with Crippen LogP contribution in [-0.4, -0.2) is 47.0 Å². The number of rotatable bonds is 8. The Hall–Kier alpha value is -0.120. The van der Waals surface area contributed by atoms with Gasteiger partial charge in [0.15, 0.2) is 0 Å². The summed E-state index contributed by atoms with van der Waals surface area (Å²) in [6.45, 7) is 4.92. The van der Waals surface area contributed by atoms with Crippen molar-refractivity contribution >= 4 is 0 Å². The summed E-state index contributed by atoms with van der Waals surface area (Å²) in [5, 5.41) is 19.0. The number of nitrogens with zero attached hydrogens (tertiary/aromatic N) is 1. The Labute approximate surface area is 106 Å². The minimum Gasteiger partial charge on any atom is -0.390 e. The summed E-state index contributed by atoms with van der Waals surface area (Å²) in [5.74, 6) is 0. The molecule has 102 valence electrons. The minimum absolute atomic E-state index is 0.500. The van der Waals surface area contributed by atoms with Crippen molar-refractivity contribution in [2.45, 2.75) is 70.5 Å². The number of piperidine rings is 1. The quantitative estimate of drug-likeness (QED) is 0.642. The summed E-state index contributed by atoms with van der Waals surface area (Å²) in [5.41, 5.74) is 0. The second-order valence-electron chi connectivity index (χ2n) is 5.35. The highest BCUT2D eigenvalue weighted by Gasteiger charge is 2.24. The maximum absolute atomic E-state index is 9.56. The standard InChI is InChI=1S/C14H29NO2/c1-2-3-4-5-6-7-8-10-15-11-9-13(16)14(17)12-15/h13-14,16-17H,2-12H2,1H3. The van der Waals surface area contributed by atoms with Gasteiger partial charge in [-0.1, -0.05) is 45.4 Å². The molecule has 3 heteroatoms. The molecule has 0 radical (unpaired) electrons. The first-order chi connectivity index (χ1) is 8.24. The normalized spacial score (nSPS) is 26.3. The van der Waals surface area contributed by atoms with Crippen LogP contribution in [0.25, 0.3) is 0 Å². The molecule has 0 bridgehead atoms. The van der Waals surface area contributed by atoms with Gasteiger partial charge in [-0.25, -0.2) is 0 Å². The molecule has 0 aliphatic carbocycles. The van der Waals surface area contributed by atoms with Crippen molar-refractivity contribution in [3.05, 3.63) is 0 Å². The summed E-state index contributed by atoms with van der Waals surface area (Å²) in [7, 11) is 0. The Morgan fingerprint density at radius 3 is 2.24 bits per heavy atom. The summed E-state index contributed by atoms with van der Waals surface area (Å²) < 4.78 is 0. The van der Waals surface area contributed by atoms with E-state index in [1.54, 1.807) is 0 Å². The fourth-order valence-corrected chi connectivity index (χ4v) is 2.48. The van der Waals surface area contributed by atoms with Crippen molar-refractivity contribution in [2.24, 2.45) is 0 Å². The molecular formula is C14H29NO2. The van der Waals surface area contributed by atoms with Crippen LogP contribution in [0.4, 0.5) is 0 Å². The van der Waals surface area contributed by atoms with Crippen molar-refractivity contribution in [1.29, 1.82) is 0 Å². The lowest BCUT2D eigenvalue weighted by Gasteiger charge is -2.33. The smallest absolute Gasteiger partial charge is 0.0926 e. The van der Waals surface area contributed by atoms with E-state index in [9.17, 15) is 10.2 Å². The van der Waals surface area contributed by atoms with Gasteiger partial charge in [0.2, 0.25) is 0 Å². The van der Waals surface area contributed by atoms with E-state index in [0.29, 0.717) is 6.54 Å². The average molecular weight is 243 g/mol. The zero-order valence-corrected chi connectivity index (χ0v) is 11.3. The van der Waals surface area contributed by atoms with Gasteiger partial charge in [0.25, 0.3) is 0 Å². The summed E-state index contributed by atoms with van der Waals surface area (Å²) in [6, 6.07) is 0. The molecule has 0 aromatic heterocycles. The number of unbranched alkanes of at least 4 members (excludes halogenated alkanes) is 6. The number of β-amino-alcohol motifs (C(OH)–C–C–N with tert-alkyl or cyclic N) is 1. The molecule has 2 unspecified atom stereocenters. The number of hydrogen-bond donors (Lipinski definition) is 2. The van der Waals surface area contributed by atoms with Crippen LogP contribution >= 0.6 is 0 Å². The van der Waals surface area contributed by atoms with Crippen molar-refractivity contribution in [1.82, 2.24) is 4.90 Å². The van der Waals surface area contributed by atoms with Crippen molar-refractivity contribution in [2.75, 3.05) is 19.6 Å². The van der Waals surface area contributed by atoms with Gasteiger partial charge in [-0.05, 0) is 19.4 Å². The third kappa shape index (κ3) is 6.39. The van der Waals surface area contributed by atoms with Gasteiger partial charge in [-0.15, -0.1) is 0 Å². The zero-order valence-electron chi connectivity index (χ0n) is 11.3.